The number of aromatic nitrogens is 2. The zero-order chi connectivity index (χ0) is 13.8. The first-order valence-electron chi connectivity index (χ1n) is 6.77. The topological polar surface area (TPSA) is 67.3 Å². The van der Waals surface area contributed by atoms with E-state index in [0.717, 1.165) is 37.2 Å². The second kappa shape index (κ2) is 6.04. The molecule has 1 aromatic heterocycles. The van der Waals surface area contributed by atoms with Crippen molar-refractivity contribution in [1.82, 2.24) is 14.5 Å². The lowest BCUT2D eigenvalue weighted by Crippen LogP contribution is -2.27. The van der Waals surface area contributed by atoms with E-state index in [1.807, 2.05) is 18.2 Å². The van der Waals surface area contributed by atoms with Crippen molar-refractivity contribution in [3.05, 3.63) is 24.0 Å². The van der Waals surface area contributed by atoms with E-state index >= 15 is 0 Å². The fourth-order valence-electron chi connectivity index (χ4n) is 2.35. The average Bonchev–Trinajstić information content (AvgIpc) is 2.77. The molecule has 0 aliphatic rings. The van der Waals surface area contributed by atoms with Crippen LogP contribution in [0.3, 0.4) is 0 Å². The molecular formula is C14H22N4O. The van der Waals surface area contributed by atoms with Gasteiger partial charge in [-0.1, -0.05) is 13.8 Å². The molecule has 0 bridgehead atoms. The lowest BCUT2D eigenvalue weighted by molar-refractivity contribution is 0.256. The van der Waals surface area contributed by atoms with Gasteiger partial charge in [0, 0.05) is 18.8 Å². The quantitative estimate of drug-likeness (QED) is 0.773. The summed E-state index contributed by atoms with van der Waals surface area (Å²) in [5.41, 5.74) is 8.35. The van der Waals surface area contributed by atoms with Gasteiger partial charge in [-0.2, -0.15) is 0 Å². The van der Waals surface area contributed by atoms with Crippen molar-refractivity contribution in [3.63, 3.8) is 0 Å². The molecule has 3 N–H and O–H groups in total. The van der Waals surface area contributed by atoms with E-state index in [1.165, 1.54) is 0 Å². The smallest absolute Gasteiger partial charge is 0.135 e. The van der Waals surface area contributed by atoms with Gasteiger partial charge in [0.2, 0.25) is 0 Å². The van der Waals surface area contributed by atoms with Crippen LogP contribution in [0.4, 0.5) is 5.69 Å². The fourth-order valence-corrected chi connectivity index (χ4v) is 2.35. The highest BCUT2D eigenvalue weighted by molar-refractivity contribution is 5.79. The molecule has 104 valence electrons. The molecule has 0 radical (unpaired) electrons. The van der Waals surface area contributed by atoms with Gasteiger partial charge in [0.25, 0.3) is 0 Å². The lowest BCUT2D eigenvalue weighted by atomic mass is 10.3. The highest BCUT2D eigenvalue weighted by Crippen LogP contribution is 2.19. The van der Waals surface area contributed by atoms with Gasteiger partial charge in [-0.3, -0.25) is 0 Å². The Labute approximate surface area is 113 Å². The van der Waals surface area contributed by atoms with E-state index in [1.54, 1.807) is 0 Å². The van der Waals surface area contributed by atoms with E-state index in [2.05, 4.69) is 28.3 Å². The molecule has 5 heteroatoms. The summed E-state index contributed by atoms with van der Waals surface area (Å²) in [5.74, 6) is 0.702. The van der Waals surface area contributed by atoms with Gasteiger partial charge in [0.15, 0.2) is 0 Å². The highest BCUT2D eigenvalue weighted by atomic mass is 16.3. The van der Waals surface area contributed by atoms with Gasteiger partial charge < -0.3 is 20.3 Å². The molecular weight excluding hydrogens is 240 g/mol. The molecule has 2 rings (SSSR count). The van der Waals surface area contributed by atoms with Crippen molar-refractivity contribution in [1.29, 1.82) is 0 Å². The van der Waals surface area contributed by atoms with E-state index in [-0.39, 0.29) is 6.61 Å². The van der Waals surface area contributed by atoms with Crippen molar-refractivity contribution in [3.8, 4) is 0 Å². The Morgan fingerprint density at radius 2 is 2.05 bits per heavy atom. The monoisotopic (exact) mass is 262 g/mol. The van der Waals surface area contributed by atoms with Gasteiger partial charge in [0.05, 0.1) is 11.0 Å². The molecule has 0 fully saturated rings. The van der Waals surface area contributed by atoms with Gasteiger partial charge in [0.1, 0.15) is 12.4 Å². The van der Waals surface area contributed by atoms with Crippen molar-refractivity contribution in [2.45, 2.75) is 27.0 Å². The number of hydrogen-bond donors (Lipinski definition) is 2. The normalized spacial score (nSPS) is 11.6. The number of nitrogens with two attached hydrogens (primary N) is 1. The summed E-state index contributed by atoms with van der Waals surface area (Å²) in [4.78, 5) is 6.79. The lowest BCUT2D eigenvalue weighted by Gasteiger charge is -2.19. The summed E-state index contributed by atoms with van der Waals surface area (Å²) in [7, 11) is 0. The van der Waals surface area contributed by atoms with E-state index in [4.69, 9.17) is 5.73 Å². The number of benzene rings is 1. The molecule has 0 saturated carbocycles. The summed E-state index contributed by atoms with van der Waals surface area (Å²) < 4.78 is 2.08. The number of rotatable bonds is 6. The second-order valence-corrected chi connectivity index (χ2v) is 4.61. The molecule has 0 saturated heterocycles. The minimum Gasteiger partial charge on any atom is -0.399 e. The van der Waals surface area contributed by atoms with Crippen LogP contribution in [0.5, 0.6) is 0 Å². The maximum Gasteiger partial charge on any atom is 0.135 e. The van der Waals surface area contributed by atoms with Gasteiger partial charge in [-0.05, 0) is 31.3 Å². The van der Waals surface area contributed by atoms with Crippen LogP contribution in [0.15, 0.2) is 18.2 Å². The first-order valence-corrected chi connectivity index (χ1v) is 6.77. The third-order valence-corrected chi connectivity index (χ3v) is 3.53. The number of nitrogens with zero attached hydrogens (tertiary/aromatic N) is 3. The number of anilines is 1. The minimum atomic E-state index is -0.0488. The Hall–Kier alpha value is -1.59. The number of aliphatic hydroxyl groups excluding tert-OH is 1. The minimum absolute atomic E-state index is 0.0488. The second-order valence-electron chi connectivity index (χ2n) is 4.61. The predicted molar refractivity (Wildman–Crippen MR) is 77.9 cm³/mol. The Morgan fingerprint density at radius 3 is 2.68 bits per heavy atom. The van der Waals surface area contributed by atoms with Crippen LogP contribution in [0.1, 0.15) is 19.7 Å². The first-order chi connectivity index (χ1) is 9.19. The number of fused-ring (bicyclic) bond motifs is 1. The van der Waals surface area contributed by atoms with Crippen molar-refractivity contribution in [2.24, 2.45) is 0 Å². The number of aliphatic hydroxyl groups is 1. The summed E-state index contributed by atoms with van der Waals surface area (Å²) in [6.45, 7) is 8.11. The zero-order valence-electron chi connectivity index (χ0n) is 11.6. The van der Waals surface area contributed by atoms with Gasteiger partial charge >= 0.3 is 0 Å². The maximum atomic E-state index is 9.44. The molecule has 2 aromatic rings. The van der Waals surface area contributed by atoms with Crippen LogP contribution < -0.4 is 5.73 Å². The molecule has 0 unspecified atom stereocenters. The number of likely N-dealkylation sites (N-methyl/N-ethyl adjacent to an activating group) is 1. The van der Waals surface area contributed by atoms with Gasteiger partial charge in [-0.15, -0.1) is 0 Å². The van der Waals surface area contributed by atoms with Crippen LogP contribution in [0.2, 0.25) is 0 Å². The molecule has 0 spiro atoms. The first kappa shape index (κ1) is 13.8. The number of hydrogen-bond acceptors (Lipinski definition) is 4. The molecule has 19 heavy (non-hydrogen) atoms. The number of nitrogen functional groups attached to an aromatic ring is 1. The van der Waals surface area contributed by atoms with Crippen molar-refractivity contribution >= 4 is 16.7 Å². The molecule has 5 nitrogen and oxygen atoms in total. The fraction of sp³-hybridized carbons (Fsp3) is 0.500. The van der Waals surface area contributed by atoms with E-state index in [0.29, 0.717) is 11.5 Å². The van der Waals surface area contributed by atoms with Crippen LogP contribution >= 0.6 is 0 Å². The largest absolute Gasteiger partial charge is 0.399 e. The molecule has 0 aliphatic carbocycles. The van der Waals surface area contributed by atoms with Gasteiger partial charge in [-0.25, -0.2) is 4.98 Å². The standard InChI is InChI=1S/C14H22N4O/c1-3-17(4-2)7-8-18-13-6-5-11(15)9-12(13)16-14(18)10-19/h5-6,9,19H,3-4,7-8,10,15H2,1-2H3. The molecule has 1 heterocycles. The van der Waals surface area contributed by atoms with Crippen LogP contribution in [0, 0.1) is 0 Å². The summed E-state index contributed by atoms with van der Waals surface area (Å²) >= 11 is 0. The summed E-state index contributed by atoms with van der Waals surface area (Å²) in [6, 6.07) is 5.69. The molecule has 0 aliphatic heterocycles. The molecule has 1 aromatic carbocycles. The summed E-state index contributed by atoms with van der Waals surface area (Å²) in [5, 5.41) is 9.44. The Kier molecular flexibility index (Phi) is 4.39. The highest BCUT2D eigenvalue weighted by Gasteiger charge is 2.10. The Balaban J connectivity index is 2.30. The third kappa shape index (κ3) is 2.88. The van der Waals surface area contributed by atoms with Crippen LogP contribution in [0.25, 0.3) is 11.0 Å². The van der Waals surface area contributed by atoms with Crippen molar-refractivity contribution in [2.75, 3.05) is 25.4 Å². The SMILES string of the molecule is CCN(CC)CCn1c(CO)nc2cc(N)ccc21. The van der Waals surface area contributed by atoms with E-state index < -0.39 is 0 Å². The average molecular weight is 262 g/mol. The van der Waals surface area contributed by atoms with Crippen molar-refractivity contribution < 1.29 is 5.11 Å². The zero-order valence-corrected chi connectivity index (χ0v) is 11.6. The maximum absolute atomic E-state index is 9.44. The molecule has 0 amide bonds. The van der Waals surface area contributed by atoms with Crippen LogP contribution in [-0.4, -0.2) is 39.2 Å². The Morgan fingerprint density at radius 1 is 1.32 bits per heavy atom. The number of imidazole rings is 1. The van der Waals surface area contributed by atoms with Crippen LogP contribution in [-0.2, 0) is 13.2 Å². The third-order valence-electron chi connectivity index (χ3n) is 3.53. The van der Waals surface area contributed by atoms with E-state index in [9.17, 15) is 5.11 Å². The molecule has 0 atom stereocenters. The predicted octanol–water partition coefficient (Wildman–Crippen LogP) is 1.45. The summed E-state index contributed by atoms with van der Waals surface area (Å²) in [6.07, 6.45) is 0. The Bertz CT molecular complexity index is 546.